The van der Waals surface area contributed by atoms with Gasteiger partial charge in [-0.1, -0.05) is 12.1 Å². The Morgan fingerprint density at radius 3 is 2.60 bits per heavy atom. The number of carbonyl (C=O) groups is 1. The molecule has 5 rings (SSSR count). The summed E-state index contributed by atoms with van der Waals surface area (Å²) in [5, 5.41) is 1.85. The highest BCUT2D eigenvalue weighted by Gasteiger charge is 2.30. The Bertz CT molecular complexity index is 1460. The first-order valence-corrected chi connectivity index (χ1v) is 10.7. The predicted molar refractivity (Wildman–Crippen MR) is 116 cm³/mol. The van der Waals surface area contributed by atoms with E-state index in [0.29, 0.717) is 44.4 Å². The first kappa shape index (κ1) is 18.4. The fourth-order valence-electron chi connectivity index (χ4n) is 3.95. The third-order valence-electron chi connectivity index (χ3n) is 5.36. The summed E-state index contributed by atoms with van der Waals surface area (Å²) in [5.41, 5.74) is 2.03. The zero-order chi connectivity index (χ0) is 21.0. The lowest BCUT2D eigenvalue weighted by molar-refractivity contribution is 0.0999. The van der Waals surface area contributed by atoms with Crippen molar-refractivity contribution in [2.45, 2.75) is 4.90 Å². The quantitative estimate of drug-likeness (QED) is 0.544. The molecule has 1 aliphatic rings. The number of nitrogens with one attached hydrogen (secondary N) is 1. The number of nitrogens with zero attached hydrogens (tertiary/aromatic N) is 2. The van der Waals surface area contributed by atoms with Crippen LogP contribution in [0.2, 0.25) is 0 Å². The molecule has 0 atom stereocenters. The number of ether oxygens (including phenoxy) is 1. The first-order valence-electron chi connectivity index (χ1n) is 9.21. The van der Waals surface area contributed by atoms with E-state index < -0.39 is 10.0 Å². The lowest BCUT2D eigenvalue weighted by Gasteiger charge is -2.15. The van der Waals surface area contributed by atoms with Crippen LogP contribution < -0.4 is 14.4 Å². The molecule has 0 bridgehead atoms. The molecule has 30 heavy (non-hydrogen) atoms. The molecule has 0 saturated heterocycles. The highest BCUT2D eigenvalue weighted by atomic mass is 32.2. The molecule has 0 spiro atoms. The van der Waals surface area contributed by atoms with E-state index in [1.54, 1.807) is 62.8 Å². The van der Waals surface area contributed by atoms with Crippen molar-refractivity contribution in [2.24, 2.45) is 0 Å². The number of pyridine rings is 1. The Labute approximate surface area is 173 Å². The Hall–Kier alpha value is -3.65. The number of amides is 1. The van der Waals surface area contributed by atoms with Gasteiger partial charge in [-0.05, 0) is 42.5 Å². The van der Waals surface area contributed by atoms with Gasteiger partial charge in [-0.25, -0.2) is 8.42 Å². The summed E-state index contributed by atoms with van der Waals surface area (Å²) in [7, 11) is -0.721. The Kier molecular flexibility index (Phi) is 3.94. The minimum absolute atomic E-state index is 0.103. The van der Waals surface area contributed by atoms with Crippen LogP contribution in [0.5, 0.6) is 5.75 Å². The lowest BCUT2D eigenvalue weighted by Crippen LogP contribution is -2.20. The molecule has 3 aromatic carbocycles. The molecule has 8 heteroatoms. The fraction of sp³-hybridized carbons (Fsp3) is 0.0909. The van der Waals surface area contributed by atoms with Crippen molar-refractivity contribution < 1.29 is 17.9 Å². The van der Waals surface area contributed by atoms with Crippen LogP contribution in [0.25, 0.3) is 21.7 Å². The van der Waals surface area contributed by atoms with Gasteiger partial charge >= 0.3 is 0 Å². The van der Waals surface area contributed by atoms with E-state index in [1.807, 2.05) is 6.07 Å². The molecule has 7 nitrogen and oxygen atoms in total. The highest BCUT2D eigenvalue weighted by Crippen LogP contribution is 2.40. The monoisotopic (exact) mass is 419 g/mol. The second kappa shape index (κ2) is 6.43. The lowest BCUT2D eigenvalue weighted by atomic mass is 10.1. The van der Waals surface area contributed by atoms with Crippen molar-refractivity contribution in [1.82, 2.24) is 4.98 Å². The number of anilines is 2. The molecule has 150 valence electrons. The van der Waals surface area contributed by atoms with Gasteiger partial charge in [0.25, 0.3) is 15.9 Å². The maximum atomic E-state index is 13.4. The summed E-state index contributed by atoms with van der Waals surface area (Å²) < 4.78 is 34.7. The Morgan fingerprint density at radius 1 is 1.00 bits per heavy atom. The maximum Gasteiger partial charge on any atom is 0.262 e. The van der Waals surface area contributed by atoms with Crippen molar-refractivity contribution in [3.8, 4) is 5.75 Å². The van der Waals surface area contributed by atoms with Gasteiger partial charge in [-0.2, -0.15) is 0 Å². The molecule has 0 fully saturated rings. The number of hydrogen-bond acceptors (Lipinski definition) is 5. The number of carbonyl (C=O) groups excluding carboxylic acids is 1. The second-order valence-electron chi connectivity index (χ2n) is 7.00. The van der Waals surface area contributed by atoms with Crippen molar-refractivity contribution in [1.29, 1.82) is 0 Å². The molecular weight excluding hydrogens is 402 g/mol. The standard InChI is InChI=1S/C22H17N3O4S/c1-25-17-9-11-19(14-5-3-6-15(20(14)17)22(25)26)30(27,28)24-16-8-10-18(29-2)13-7-4-12-23-21(13)16/h3-12,24H,1-2H3. The van der Waals surface area contributed by atoms with Crippen LogP contribution in [0.1, 0.15) is 10.4 Å². The number of sulfonamides is 1. The van der Waals surface area contributed by atoms with Gasteiger partial charge in [0.15, 0.2) is 0 Å². The molecule has 1 aliphatic heterocycles. The fourth-order valence-corrected chi connectivity index (χ4v) is 5.22. The average molecular weight is 419 g/mol. The summed E-state index contributed by atoms with van der Waals surface area (Å²) in [5.74, 6) is 0.455. The molecule has 4 aromatic rings. The normalized spacial score (nSPS) is 13.3. The molecule has 1 N–H and O–H groups in total. The van der Waals surface area contributed by atoms with E-state index in [0.717, 1.165) is 0 Å². The Balaban J connectivity index is 1.68. The van der Waals surface area contributed by atoms with Gasteiger partial charge in [0, 0.05) is 35.0 Å². The zero-order valence-electron chi connectivity index (χ0n) is 16.2. The van der Waals surface area contributed by atoms with E-state index >= 15 is 0 Å². The molecular formula is C22H17N3O4S. The van der Waals surface area contributed by atoms with Crippen LogP contribution in [0.3, 0.4) is 0 Å². The number of hydrogen-bond donors (Lipinski definition) is 1. The number of benzene rings is 3. The number of fused-ring (bicyclic) bond motifs is 1. The van der Waals surface area contributed by atoms with Crippen LogP contribution >= 0.6 is 0 Å². The topological polar surface area (TPSA) is 88.6 Å². The van der Waals surface area contributed by atoms with Crippen molar-refractivity contribution >= 4 is 49.0 Å². The molecule has 0 aliphatic carbocycles. The van der Waals surface area contributed by atoms with Crippen molar-refractivity contribution in [3.05, 3.63) is 66.4 Å². The van der Waals surface area contributed by atoms with Crippen LogP contribution in [0.4, 0.5) is 11.4 Å². The third kappa shape index (κ3) is 2.54. The Morgan fingerprint density at radius 2 is 1.80 bits per heavy atom. The summed E-state index contributed by atoms with van der Waals surface area (Å²) in [6.45, 7) is 0. The number of rotatable bonds is 4. The SMILES string of the molecule is COc1ccc(NS(=O)(=O)c2ccc3c4c(cccc24)C(=O)N3C)c2ncccc12. The van der Waals surface area contributed by atoms with E-state index in [1.165, 1.54) is 11.0 Å². The van der Waals surface area contributed by atoms with Gasteiger partial charge < -0.3 is 9.64 Å². The van der Waals surface area contributed by atoms with Crippen LogP contribution in [0, 0.1) is 0 Å². The minimum Gasteiger partial charge on any atom is -0.496 e. The minimum atomic E-state index is -3.95. The third-order valence-corrected chi connectivity index (χ3v) is 6.78. The van der Waals surface area contributed by atoms with Crippen LogP contribution in [0.15, 0.2) is 65.7 Å². The van der Waals surface area contributed by atoms with E-state index in [9.17, 15) is 13.2 Å². The van der Waals surface area contributed by atoms with E-state index in [-0.39, 0.29) is 10.8 Å². The smallest absolute Gasteiger partial charge is 0.262 e. The summed E-state index contributed by atoms with van der Waals surface area (Å²) in [4.78, 5) is 18.4. The number of aromatic nitrogens is 1. The first-order chi connectivity index (χ1) is 14.4. The van der Waals surface area contributed by atoms with Crippen molar-refractivity contribution in [3.63, 3.8) is 0 Å². The summed E-state index contributed by atoms with van der Waals surface area (Å²) in [6.07, 6.45) is 1.60. The van der Waals surface area contributed by atoms with Crippen molar-refractivity contribution in [2.75, 3.05) is 23.8 Å². The average Bonchev–Trinajstić information content (AvgIpc) is 3.00. The van der Waals surface area contributed by atoms with Crippen LogP contribution in [-0.2, 0) is 10.0 Å². The van der Waals surface area contributed by atoms with Gasteiger partial charge in [-0.3, -0.25) is 14.5 Å². The molecule has 2 heterocycles. The van der Waals surface area contributed by atoms with Gasteiger partial charge in [0.05, 0.1) is 28.9 Å². The molecule has 0 saturated carbocycles. The summed E-state index contributed by atoms with van der Waals surface area (Å²) in [6, 6.07) is 15.2. The highest BCUT2D eigenvalue weighted by molar-refractivity contribution is 7.93. The van der Waals surface area contributed by atoms with Gasteiger partial charge in [-0.15, -0.1) is 0 Å². The maximum absolute atomic E-state index is 13.4. The second-order valence-corrected chi connectivity index (χ2v) is 8.65. The predicted octanol–water partition coefficient (Wildman–Crippen LogP) is 3.79. The number of methoxy groups -OCH3 is 1. The molecule has 1 aromatic heterocycles. The van der Waals surface area contributed by atoms with E-state index in [4.69, 9.17) is 4.74 Å². The van der Waals surface area contributed by atoms with Crippen LogP contribution in [-0.4, -0.2) is 33.5 Å². The van der Waals surface area contributed by atoms with Gasteiger partial charge in [0.2, 0.25) is 0 Å². The molecule has 0 radical (unpaired) electrons. The zero-order valence-corrected chi connectivity index (χ0v) is 17.0. The molecule has 0 unspecified atom stereocenters. The van der Waals surface area contributed by atoms with E-state index in [2.05, 4.69) is 9.71 Å². The summed E-state index contributed by atoms with van der Waals surface area (Å²) >= 11 is 0. The molecule has 1 amide bonds. The van der Waals surface area contributed by atoms with Gasteiger partial charge in [0.1, 0.15) is 5.75 Å². The largest absolute Gasteiger partial charge is 0.496 e.